The second kappa shape index (κ2) is 7.41. The highest BCUT2D eigenvalue weighted by Gasteiger charge is 2.22. The summed E-state index contributed by atoms with van der Waals surface area (Å²) in [5.74, 6) is 0.0967. The zero-order chi connectivity index (χ0) is 14.4. The van der Waals surface area contributed by atoms with Crippen LogP contribution in [0.2, 0.25) is 0 Å². The highest BCUT2D eigenvalue weighted by atomic mass is 16.5. The molecule has 110 valence electrons. The van der Waals surface area contributed by atoms with Crippen molar-refractivity contribution in [1.82, 2.24) is 10.2 Å². The van der Waals surface area contributed by atoms with E-state index in [0.29, 0.717) is 19.2 Å². The van der Waals surface area contributed by atoms with Crippen LogP contribution in [0.25, 0.3) is 0 Å². The summed E-state index contributed by atoms with van der Waals surface area (Å²) in [5.41, 5.74) is 1.88. The summed E-state index contributed by atoms with van der Waals surface area (Å²) >= 11 is 0. The molecule has 1 fully saturated rings. The molecule has 0 spiro atoms. The molecular weight excluding hydrogens is 252 g/mol. The average Bonchev–Trinajstić information content (AvgIpc) is 2.95. The summed E-state index contributed by atoms with van der Waals surface area (Å²) < 4.78 is 5.13. The second-order valence-electron chi connectivity index (χ2n) is 5.41. The van der Waals surface area contributed by atoms with E-state index in [1.807, 2.05) is 36.1 Å². The van der Waals surface area contributed by atoms with Crippen molar-refractivity contribution >= 4 is 5.91 Å². The van der Waals surface area contributed by atoms with Gasteiger partial charge in [0.1, 0.15) is 0 Å². The Morgan fingerprint density at radius 3 is 3.00 bits per heavy atom. The normalized spacial score (nSPS) is 18.2. The first-order valence-electron chi connectivity index (χ1n) is 7.29. The predicted octanol–water partition coefficient (Wildman–Crippen LogP) is 1.84. The molecule has 1 N–H and O–H groups in total. The summed E-state index contributed by atoms with van der Waals surface area (Å²) in [7, 11) is 1.67. The first-order chi connectivity index (χ1) is 9.70. The van der Waals surface area contributed by atoms with Gasteiger partial charge >= 0.3 is 0 Å². The van der Waals surface area contributed by atoms with Gasteiger partial charge in [0.2, 0.25) is 0 Å². The van der Waals surface area contributed by atoms with E-state index in [2.05, 4.69) is 5.32 Å². The molecular formula is C16H24N2O2. The number of nitrogens with zero attached hydrogens (tertiary/aromatic N) is 1. The van der Waals surface area contributed by atoms with Crippen molar-refractivity contribution in [2.24, 2.45) is 0 Å². The van der Waals surface area contributed by atoms with E-state index in [-0.39, 0.29) is 5.91 Å². The molecule has 1 aliphatic rings. The SMILES string of the molecule is COCCN(CC1CCCN1)C(=O)c1cccc(C)c1. The monoisotopic (exact) mass is 276 g/mol. The van der Waals surface area contributed by atoms with Gasteiger partial charge in [-0.25, -0.2) is 0 Å². The molecule has 20 heavy (non-hydrogen) atoms. The Labute approximate surface area is 121 Å². The Hall–Kier alpha value is -1.39. The first kappa shape index (κ1) is 15.0. The minimum atomic E-state index is 0.0967. The van der Waals surface area contributed by atoms with Crippen LogP contribution in [0.3, 0.4) is 0 Å². The van der Waals surface area contributed by atoms with Crippen molar-refractivity contribution in [2.75, 3.05) is 33.4 Å². The second-order valence-corrected chi connectivity index (χ2v) is 5.41. The molecule has 1 heterocycles. The number of rotatable bonds is 6. The molecule has 0 bridgehead atoms. The zero-order valence-corrected chi connectivity index (χ0v) is 12.4. The van der Waals surface area contributed by atoms with Crippen LogP contribution < -0.4 is 5.32 Å². The van der Waals surface area contributed by atoms with E-state index >= 15 is 0 Å². The van der Waals surface area contributed by atoms with Crippen LogP contribution >= 0.6 is 0 Å². The predicted molar refractivity (Wildman–Crippen MR) is 80.0 cm³/mol. The number of carbonyl (C=O) groups excluding carboxylic acids is 1. The van der Waals surface area contributed by atoms with Crippen LogP contribution in [0, 0.1) is 6.92 Å². The van der Waals surface area contributed by atoms with Crippen molar-refractivity contribution in [1.29, 1.82) is 0 Å². The summed E-state index contributed by atoms with van der Waals surface area (Å²) in [6.07, 6.45) is 2.34. The van der Waals surface area contributed by atoms with Crippen LogP contribution in [-0.4, -0.2) is 50.2 Å². The third-order valence-electron chi connectivity index (χ3n) is 3.72. The molecule has 0 saturated carbocycles. The molecule has 0 aliphatic carbocycles. The minimum Gasteiger partial charge on any atom is -0.383 e. The van der Waals surface area contributed by atoms with E-state index in [0.717, 1.165) is 30.6 Å². The Morgan fingerprint density at radius 2 is 2.35 bits per heavy atom. The number of ether oxygens (including phenoxy) is 1. The third kappa shape index (κ3) is 4.05. The molecule has 1 aromatic rings. The summed E-state index contributed by atoms with van der Waals surface area (Å²) in [4.78, 5) is 14.5. The summed E-state index contributed by atoms with van der Waals surface area (Å²) in [6.45, 7) is 5.04. The number of benzene rings is 1. The number of hydrogen-bond acceptors (Lipinski definition) is 3. The van der Waals surface area contributed by atoms with Gasteiger partial charge in [0.15, 0.2) is 0 Å². The van der Waals surface area contributed by atoms with Gasteiger partial charge in [-0.05, 0) is 38.4 Å². The number of amides is 1. The maximum absolute atomic E-state index is 12.6. The molecule has 0 aromatic heterocycles. The molecule has 0 radical (unpaired) electrons. The first-order valence-corrected chi connectivity index (χ1v) is 7.29. The Kier molecular flexibility index (Phi) is 5.56. The number of carbonyl (C=O) groups is 1. The van der Waals surface area contributed by atoms with Crippen molar-refractivity contribution in [3.8, 4) is 0 Å². The van der Waals surface area contributed by atoms with Gasteiger partial charge in [-0.1, -0.05) is 17.7 Å². The van der Waals surface area contributed by atoms with Gasteiger partial charge in [-0.3, -0.25) is 4.79 Å². The van der Waals surface area contributed by atoms with Crippen LogP contribution in [0.1, 0.15) is 28.8 Å². The minimum absolute atomic E-state index is 0.0967. The van der Waals surface area contributed by atoms with Crippen molar-refractivity contribution in [3.05, 3.63) is 35.4 Å². The van der Waals surface area contributed by atoms with Crippen LogP contribution in [-0.2, 0) is 4.74 Å². The van der Waals surface area contributed by atoms with E-state index in [1.54, 1.807) is 7.11 Å². The molecule has 1 saturated heterocycles. The number of aryl methyl sites for hydroxylation is 1. The molecule has 1 aromatic carbocycles. The summed E-state index contributed by atoms with van der Waals surface area (Å²) in [5, 5.41) is 3.45. The van der Waals surface area contributed by atoms with Crippen molar-refractivity contribution < 1.29 is 9.53 Å². The van der Waals surface area contributed by atoms with Gasteiger partial charge < -0.3 is 15.0 Å². The highest BCUT2D eigenvalue weighted by Crippen LogP contribution is 2.12. The average molecular weight is 276 g/mol. The largest absolute Gasteiger partial charge is 0.383 e. The molecule has 1 aliphatic heterocycles. The Morgan fingerprint density at radius 1 is 1.50 bits per heavy atom. The van der Waals surface area contributed by atoms with Gasteiger partial charge in [0, 0.05) is 31.8 Å². The Balaban J connectivity index is 2.05. The maximum Gasteiger partial charge on any atom is 0.253 e. The zero-order valence-electron chi connectivity index (χ0n) is 12.4. The lowest BCUT2D eigenvalue weighted by Crippen LogP contribution is -2.42. The lowest BCUT2D eigenvalue weighted by molar-refractivity contribution is 0.0679. The molecule has 1 amide bonds. The van der Waals surface area contributed by atoms with E-state index in [4.69, 9.17) is 4.74 Å². The fourth-order valence-corrected chi connectivity index (χ4v) is 2.62. The fourth-order valence-electron chi connectivity index (χ4n) is 2.62. The molecule has 2 rings (SSSR count). The third-order valence-corrected chi connectivity index (χ3v) is 3.72. The van der Waals surface area contributed by atoms with Crippen LogP contribution in [0.5, 0.6) is 0 Å². The van der Waals surface area contributed by atoms with E-state index < -0.39 is 0 Å². The smallest absolute Gasteiger partial charge is 0.253 e. The van der Waals surface area contributed by atoms with E-state index in [1.165, 1.54) is 6.42 Å². The number of methoxy groups -OCH3 is 1. The standard InChI is InChI=1S/C16H24N2O2/c1-13-5-3-6-14(11-13)16(19)18(9-10-20-2)12-15-7-4-8-17-15/h3,5-6,11,15,17H,4,7-10,12H2,1-2H3. The molecule has 1 unspecified atom stereocenters. The summed E-state index contributed by atoms with van der Waals surface area (Å²) in [6, 6.07) is 8.20. The molecule has 4 heteroatoms. The quantitative estimate of drug-likeness (QED) is 0.862. The van der Waals surface area contributed by atoms with Crippen LogP contribution in [0.15, 0.2) is 24.3 Å². The van der Waals surface area contributed by atoms with Gasteiger partial charge in [-0.15, -0.1) is 0 Å². The van der Waals surface area contributed by atoms with Gasteiger partial charge in [0.05, 0.1) is 6.61 Å². The molecule has 4 nitrogen and oxygen atoms in total. The maximum atomic E-state index is 12.6. The van der Waals surface area contributed by atoms with Crippen LogP contribution in [0.4, 0.5) is 0 Å². The topological polar surface area (TPSA) is 41.6 Å². The Bertz CT molecular complexity index is 442. The lowest BCUT2D eigenvalue weighted by Gasteiger charge is -2.26. The van der Waals surface area contributed by atoms with Gasteiger partial charge in [0.25, 0.3) is 5.91 Å². The molecule has 1 atom stereocenters. The number of nitrogens with one attached hydrogen (secondary N) is 1. The van der Waals surface area contributed by atoms with Crippen molar-refractivity contribution in [3.63, 3.8) is 0 Å². The fraction of sp³-hybridized carbons (Fsp3) is 0.562. The lowest BCUT2D eigenvalue weighted by atomic mass is 10.1. The number of hydrogen-bond donors (Lipinski definition) is 1. The van der Waals surface area contributed by atoms with Crippen molar-refractivity contribution in [2.45, 2.75) is 25.8 Å². The van der Waals surface area contributed by atoms with Gasteiger partial charge in [-0.2, -0.15) is 0 Å². The van der Waals surface area contributed by atoms with E-state index in [9.17, 15) is 4.79 Å². The highest BCUT2D eigenvalue weighted by molar-refractivity contribution is 5.94.